The molecule has 0 aliphatic heterocycles. The van der Waals surface area contributed by atoms with Crippen molar-refractivity contribution in [1.82, 2.24) is 0 Å². The van der Waals surface area contributed by atoms with Crippen LogP contribution in [0.4, 0.5) is 11.4 Å². The van der Waals surface area contributed by atoms with Crippen LogP contribution in [0.5, 0.6) is 5.75 Å². The zero-order valence-corrected chi connectivity index (χ0v) is 19.5. The van der Waals surface area contributed by atoms with Crippen molar-refractivity contribution in [2.24, 2.45) is 0 Å². The van der Waals surface area contributed by atoms with Crippen LogP contribution >= 0.6 is 7.37 Å². The third-order valence-corrected chi connectivity index (χ3v) is 7.75. The van der Waals surface area contributed by atoms with Crippen molar-refractivity contribution in [3.05, 3.63) is 84.4 Å². The van der Waals surface area contributed by atoms with E-state index in [4.69, 9.17) is 9.26 Å². The number of methoxy groups -OCH3 is 1. The van der Waals surface area contributed by atoms with Crippen LogP contribution < -0.4 is 20.3 Å². The molecule has 164 valence electrons. The Labute approximate surface area is 185 Å². The van der Waals surface area contributed by atoms with E-state index in [1.165, 1.54) is 0 Å². The maximum atomic E-state index is 14.6. The average Bonchev–Trinajstić information content (AvgIpc) is 2.82. The second kappa shape index (κ2) is 10.5. The Morgan fingerprint density at radius 2 is 1.58 bits per heavy atom. The minimum atomic E-state index is -3.33. The Morgan fingerprint density at radius 1 is 0.935 bits per heavy atom. The summed E-state index contributed by atoms with van der Waals surface area (Å²) in [4.78, 5) is 2.02. The van der Waals surface area contributed by atoms with E-state index < -0.39 is 13.2 Å². The second-order valence-electron chi connectivity index (χ2n) is 7.53. The first-order chi connectivity index (χ1) is 15.0. The highest BCUT2D eigenvalue weighted by Gasteiger charge is 2.37. The number of hydrogen-bond donors (Lipinski definition) is 1. The molecule has 0 heterocycles. The standard InChI is InChI=1S/C25H31N2O3P/c1-5-19-30-31(28,24-17-13-22(14-18-24)27(2)3)25(26-21-9-7-6-8-10-21)20-11-15-23(29-4)16-12-20/h6-18,25-26H,5,19H2,1-4H3. The molecule has 0 bridgehead atoms. The predicted octanol–water partition coefficient (Wildman–Crippen LogP) is 5.90. The van der Waals surface area contributed by atoms with Gasteiger partial charge in [-0.3, -0.25) is 4.57 Å². The Morgan fingerprint density at radius 3 is 2.13 bits per heavy atom. The summed E-state index contributed by atoms with van der Waals surface area (Å²) in [5.74, 6) is 0.208. The third kappa shape index (κ3) is 5.49. The number of anilines is 2. The van der Waals surface area contributed by atoms with Gasteiger partial charge < -0.3 is 19.5 Å². The lowest BCUT2D eigenvalue weighted by Gasteiger charge is -2.30. The molecular formula is C25H31N2O3P. The lowest BCUT2D eigenvalue weighted by atomic mass is 10.2. The maximum Gasteiger partial charge on any atom is 0.258 e. The summed E-state index contributed by atoms with van der Waals surface area (Å²) in [6, 6.07) is 25.2. The van der Waals surface area contributed by atoms with Gasteiger partial charge in [0.25, 0.3) is 7.37 Å². The van der Waals surface area contributed by atoms with Crippen LogP contribution in [0, 0.1) is 0 Å². The normalized spacial score (nSPS) is 13.8. The van der Waals surface area contributed by atoms with Gasteiger partial charge in [0.2, 0.25) is 0 Å². The van der Waals surface area contributed by atoms with Crippen molar-refractivity contribution in [1.29, 1.82) is 0 Å². The highest BCUT2D eigenvalue weighted by molar-refractivity contribution is 7.67. The molecule has 6 heteroatoms. The second-order valence-corrected chi connectivity index (χ2v) is 10.0. The van der Waals surface area contributed by atoms with Gasteiger partial charge >= 0.3 is 0 Å². The quantitative estimate of drug-likeness (QED) is 0.399. The van der Waals surface area contributed by atoms with E-state index in [1.54, 1.807) is 7.11 Å². The summed E-state index contributed by atoms with van der Waals surface area (Å²) in [6.07, 6.45) is 0.778. The number of nitrogens with one attached hydrogen (secondary N) is 1. The first-order valence-corrected chi connectivity index (χ1v) is 12.1. The van der Waals surface area contributed by atoms with Crippen LogP contribution in [0.15, 0.2) is 78.9 Å². The Kier molecular flexibility index (Phi) is 7.78. The molecule has 2 atom stereocenters. The number of ether oxygens (including phenoxy) is 1. The van der Waals surface area contributed by atoms with Crippen molar-refractivity contribution in [2.75, 3.05) is 38.0 Å². The monoisotopic (exact) mass is 438 g/mol. The van der Waals surface area contributed by atoms with Gasteiger partial charge in [0.15, 0.2) is 0 Å². The Bertz CT molecular complexity index is 990. The molecular weight excluding hydrogens is 407 g/mol. The lowest BCUT2D eigenvalue weighted by molar-refractivity contribution is 0.315. The molecule has 3 aromatic rings. The van der Waals surface area contributed by atoms with Crippen LogP contribution in [0.3, 0.4) is 0 Å². The smallest absolute Gasteiger partial charge is 0.258 e. The first-order valence-electron chi connectivity index (χ1n) is 10.5. The molecule has 3 aromatic carbocycles. The molecule has 0 fully saturated rings. The third-order valence-electron chi connectivity index (χ3n) is 5.06. The molecule has 5 nitrogen and oxygen atoms in total. The highest BCUT2D eigenvalue weighted by atomic mass is 31.2. The Hall–Kier alpha value is -2.75. The fourth-order valence-corrected chi connectivity index (χ4v) is 5.83. The van der Waals surface area contributed by atoms with Gasteiger partial charge in [0.05, 0.1) is 13.7 Å². The minimum absolute atomic E-state index is 0.413. The van der Waals surface area contributed by atoms with Crippen molar-refractivity contribution in [2.45, 2.75) is 19.1 Å². The Balaban J connectivity index is 2.10. The topological polar surface area (TPSA) is 50.8 Å². The van der Waals surface area contributed by atoms with Crippen LogP contribution in [0.25, 0.3) is 0 Å². The number of benzene rings is 3. The molecule has 2 unspecified atom stereocenters. The van der Waals surface area contributed by atoms with E-state index in [9.17, 15) is 4.57 Å². The van der Waals surface area contributed by atoms with Crippen LogP contribution in [0.1, 0.15) is 24.7 Å². The summed E-state index contributed by atoms with van der Waals surface area (Å²) in [5, 5.41) is 4.17. The number of para-hydroxylation sites is 1. The van der Waals surface area contributed by atoms with Gasteiger partial charge in [-0.2, -0.15) is 0 Å². The molecule has 1 N–H and O–H groups in total. The summed E-state index contributed by atoms with van der Waals surface area (Å²) in [5.41, 5.74) is 2.80. The molecule has 0 spiro atoms. The van der Waals surface area contributed by atoms with Crippen molar-refractivity contribution < 1.29 is 13.8 Å². The summed E-state index contributed by atoms with van der Waals surface area (Å²) >= 11 is 0. The van der Waals surface area contributed by atoms with Gasteiger partial charge in [-0.15, -0.1) is 0 Å². The van der Waals surface area contributed by atoms with Gasteiger partial charge in [-0.1, -0.05) is 37.3 Å². The average molecular weight is 439 g/mol. The largest absolute Gasteiger partial charge is 0.497 e. The van der Waals surface area contributed by atoms with Gasteiger partial charge in [-0.05, 0) is 60.5 Å². The predicted molar refractivity (Wildman–Crippen MR) is 130 cm³/mol. The fraction of sp³-hybridized carbons (Fsp3) is 0.280. The van der Waals surface area contributed by atoms with E-state index in [2.05, 4.69) is 5.32 Å². The summed E-state index contributed by atoms with van der Waals surface area (Å²) in [6.45, 7) is 2.43. The molecule has 0 saturated heterocycles. The van der Waals surface area contributed by atoms with E-state index in [-0.39, 0.29) is 0 Å². The van der Waals surface area contributed by atoms with Gasteiger partial charge in [-0.25, -0.2) is 0 Å². The van der Waals surface area contributed by atoms with E-state index in [0.29, 0.717) is 11.9 Å². The van der Waals surface area contributed by atoms with Gasteiger partial charge in [0, 0.05) is 30.8 Å². The zero-order chi connectivity index (χ0) is 22.3. The molecule has 31 heavy (non-hydrogen) atoms. The number of nitrogens with zero attached hydrogens (tertiary/aromatic N) is 1. The van der Waals surface area contributed by atoms with Crippen LogP contribution in [0.2, 0.25) is 0 Å². The molecule has 0 radical (unpaired) electrons. The highest BCUT2D eigenvalue weighted by Crippen LogP contribution is 2.59. The van der Waals surface area contributed by atoms with E-state index >= 15 is 0 Å². The van der Waals surface area contributed by atoms with Crippen molar-refractivity contribution >= 4 is 24.0 Å². The molecule has 3 rings (SSSR count). The summed E-state index contributed by atoms with van der Waals surface area (Å²) < 4.78 is 26.1. The first kappa shape index (κ1) is 22.9. The van der Waals surface area contributed by atoms with Crippen LogP contribution in [-0.4, -0.2) is 27.8 Å². The van der Waals surface area contributed by atoms with E-state index in [1.807, 2.05) is 105 Å². The lowest BCUT2D eigenvalue weighted by Crippen LogP contribution is -2.21. The fourth-order valence-electron chi connectivity index (χ4n) is 3.33. The van der Waals surface area contributed by atoms with Crippen molar-refractivity contribution in [3.8, 4) is 5.75 Å². The minimum Gasteiger partial charge on any atom is -0.497 e. The molecule has 0 amide bonds. The molecule has 0 aliphatic rings. The van der Waals surface area contributed by atoms with Gasteiger partial charge in [0.1, 0.15) is 11.5 Å². The van der Waals surface area contributed by atoms with Crippen molar-refractivity contribution in [3.63, 3.8) is 0 Å². The number of rotatable bonds is 10. The zero-order valence-electron chi connectivity index (χ0n) is 18.6. The maximum absolute atomic E-state index is 14.6. The molecule has 0 aromatic heterocycles. The SMILES string of the molecule is CCCOP(=O)(c1ccc(N(C)C)cc1)C(Nc1ccccc1)c1ccc(OC)cc1. The number of hydrogen-bond acceptors (Lipinski definition) is 5. The molecule has 0 saturated carbocycles. The molecule has 0 aliphatic carbocycles. The van der Waals surface area contributed by atoms with Crippen LogP contribution in [-0.2, 0) is 9.09 Å². The summed E-state index contributed by atoms with van der Waals surface area (Å²) in [7, 11) is 2.28. The van der Waals surface area contributed by atoms with E-state index in [0.717, 1.165) is 29.1 Å².